The van der Waals surface area contributed by atoms with Gasteiger partial charge in [-0.3, -0.25) is 4.79 Å². The van der Waals surface area contributed by atoms with E-state index in [9.17, 15) is 4.79 Å². The number of hydrogen-bond acceptors (Lipinski definition) is 2. The quantitative estimate of drug-likeness (QED) is 0.496. The maximum absolute atomic E-state index is 11.4. The number of carbonyl (C=O) groups excluding carboxylic acids is 1. The van der Waals surface area contributed by atoms with Gasteiger partial charge in [-0.05, 0) is 38.0 Å². The Morgan fingerprint density at radius 3 is 2.53 bits per heavy atom. The molecule has 0 aromatic rings. The van der Waals surface area contributed by atoms with Crippen LogP contribution in [0.15, 0.2) is 0 Å². The molecule has 0 N–H and O–H groups in total. The molecule has 1 aliphatic carbocycles. The van der Waals surface area contributed by atoms with E-state index in [0.717, 1.165) is 31.6 Å². The van der Waals surface area contributed by atoms with E-state index >= 15 is 0 Å². The van der Waals surface area contributed by atoms with Crippen LogP contribution in [0.5, 0.6) is 0 Å². The molecule has 0 aromatic carbocycles. The van der Waals surface area contributed by atoms with Gasteiger partial charge in [0.05, 0.1) is 0 Å². The van der Waals surface area contributed by atoms with Crippen LogP contribution in [0.25, 0.3) is 0 Å². The van der Waals surface area contributed by atoms with Gasteiger partial charge in [0.1, 0.15) is 6.10 Å². The molecule has 0 heterocycles. The second-order valence-electron chi connectivity index (χ2n) is 5.04. The minimum atomic E-state index is 0.0191. The summed E-state index contributed by atoms with van der Waals surface area (Å²) in [6.45, 7) is 4.44. The Balaban J connectivity index is 1.98. The third-order valence-electron chi connectivity index (χ3n) is 3.01. The Kier molecular flexibility index (Phi) is 5.74. The van der Waals surface area contributed by atoms with Crippen LogP contribution in [0.2, 0.25) is 0 Å². The first-order valence-electron chi connectivity index (χ1n) is 6.38. The van der Waals surface area contributed by atoms with Gasteiger partial charge in [-0.25, -0.2) is 0 Å². The predicted octanol–water partition coefficient (Wildman–Crippen LogP) is 3.69. The molecule has 0 aromatic heterocycles. The van der Waals surface area contributed by atoms with Crippen molar-refractivity contribution in [2.45, 2.75) is 71.3 Å². The van der Waals surface area contributed by atoms with Crippen LogP contribution >= 0.6 is 0 Å². The molecule has 15 heavy (non-hydrogen) atoms. The lowest BCUT2D eigenvalue weighted by Crippen LogP contribution is -2.14. The van der Waals surface area contributed by atoms with Crippen molar-refractivity contribution in [3.05, 3.63) is 0 Å². The van der Waals surface area contributed by atoms with E-state index in [4.69, 9.17) is 4.74 Å². The van der Waals surface area contributed by atoms with E-state index in [1.54, 1.807) is 0 Å². The minimum Gasteiger partial charge on any atom is -0.462 e. The highest BCUT2D eigenvalue weighted by molar-refractivity contribution is 5.69. The molecule has 1 aliphatic rings. The van der Waals surface area contributed by atoms with Crippen LogP contribution in [0.3, 0.4) is 0 Å². The molecule has 2 heteroatoms. The molecule has 2 nitrogen and oxygen atoms in total. The van der Waals surface area contributed by atoms with E-state index in [2.05, 4.69) is 13.8 Å². The second kappa shape index (κ2) is 6.86. The molecule has 0 aliphatic heterocycles. The van der Waals surface area contributed by atoms with Gasteiger partial charge in [-0.2, -0.15) is 0 Å². The zero-order valence-electron chi connectivity index (χ0n) is 10.1. The molecule has 1 rings (SSSR count). The van der Waals surface area contributed by atoms with Crippen molar-refractivity contribution in [3.8, 4) is 0 Å². The summed E-state index contributed by atoms with van der Waals surface area (Å²) < 4.78 is 5.38. The van der Waals surface area contributed by atoms with E-state index < -0.39 is 0 Å². The Morgan fingerprint density at radius 2 is 1.93 bits per heavy atom. The molecular weight excluding hydrogens is 188 g/mol. The number of hydrogen-bond donors (Lipinski definition) is 0. The standard InChI is InChI=1S/C13H24O2/c1-11(2)7-3-6-10-13(14)15-12-8-4-5-9-12/h11-12H,3-10H2,1-2H3. The minimum absolute atomic E-state index is 0.0191. The van der Waals surface area contributed by atoms with Crippen LogP contribution in [0, 0.1) is 5.92 Å². The first-order valence-corrected chi connectivity index (χ1v) is 6.38. The Morgan fingerprint density at radius 1 is 1.27 bits per heavy atom. The Bertz CT molecular complexity index is 181. The third-order valence-corrected chi connectivity index (χ3v) is 3.01. The SMILES string of the molecule is CC(C)CCCCC(=O)OC1CCCC1. The summed E-state index contributed by atoms with van der Waals surface area (Å²) in [6.07, 6.45) is 8.83. The number of rotatable bonds is 6. The maximum Gasteiger partial charge on any atom is 0.306 e. The number of esters is 1. The summed E-state index contributed by atoms with van der Waals surface area (Å²) in [4.78, 5) is 11.4. The molecule has 0 unspecified atom stereocenters. The number of unbranched alkanes of at least 4 members (excludes halogenated alkanes) is 1. The highest BCUT2D eigenvalue weighted by atomic mass is 16.5. The molecule has 0 radical (unpaired) electrons. The van der Waals surface area contributed by atoms with Crippen LogP contribution in [-0.4, -0.2) is 12.1 Å². The predicted molar refractivity (Wildman–Crippen MR) is 61.7 cm³/mol. The van der Waals surface area contributed by atoms with Gasteiger partial charge in [-0.15, -0.1) is 0 Å². The summed E-state index contributed by atoms with van der Waals surface area (Å²) in [7, 11) is 0. The van der Waals surface area contributed by atoms with Crippen LogP contribution in [-0.2, 0) is 9.53 Å². The average Bonchev–Trinajstić information content (AvgIpc) is 2.64. The molecule has 1 saturated carbocycles. The number of ether oxygens (including phenoxy) is 1. The molecular formula is C13H24O2. The van der Waals surface area contributed by atoms with E-state index in [0.29, 0.717) is 6.42 Å². The Hall–Kier alpha value is -0.530. The van der Waals surface area contributed by atoms with Gasteiger partial charge in [0.15, 0.2) is 0 Å². The number of carbonyl (C=O) groups is 1. The molecule has 0 bridgehead atoms. The molecule has 0 amide bonds. The van der Waals surface area contributed by atoms with E-state index in [-0.39, 0.29) is 12.1 Å². The van der Waals surface area contributed by atoms with Crippen molar-refractivity contribution < 1.29 is 9.53 Å². The zero-order chi connectivity index (χ0) is 11.1. The maximum atomic E-state index is 11.4. The molecule has 88 valence electrons. The normalized spacial score (nSPS) is 17.3. The first-order chi connectivity index (χ1) is 7.18. The van der Waals surface area contributed by atoms with Crippen LogP contribution in [0.4, 0.5) is 0 Å². The fraction of sp³-hybridized carbons (Fsp3) is 0.923. The van der Waals surface area contributed by atoms with Crippen molar-refractivity contribution >= 4 is 5.97 Å². The molecule has 0 atom stereocenters. The van der Waals surface area contributed by atoms with Crippen LogP contribution < -0.4 is 0 Å². The van der Waals surface area contributed by atoms with Gasteiger partial charge >= 0.3 is 5.97 Å². The summed E-state index contributed by atoms with van der Waals surface area (Å²) >= 11 is 0. The van der Waals surface area contributed by atoms with E-state index in [1.807, 2.05) is 0 Å². The summed E-state index contributed by atoms with van der Waals surface area (Å²) in [5.41, 5.74) is 0. The van der Waals surface area contributed by atoms with E-state index in [1.165, 1.54) is 19.3 Å². The van der Waals surface area contributed by atoms with Gasteiger partial charge < -0.3 is 4.74 Å². The second-order valence-corrected chi connectivity index (χ2v) is 5.04. The summed E-state index contributed by atoms with van der Waals surface area (Å²) in [5.74, 6) is 0.765. The molecule has 1 fully saturated rings. The molecule has 0 spiro atoms. The lowest BCUT2D eigenvalue weighted by molar-refractivity contribution is -0.148. The summed E-state index contributed by atoms with van der Waals surface area (Å²) in [6, 6.07) is 0. The largest absolute Gasteiger partial charge is 0.462 e. The average molecular weight is 212 g/mol. The molecule has 0 saturated heterocycles. The van der Waals surface area contributed by atoms with Gasteiger partial charge in [-0.1, -0.05) is 26.7 Å². The van der Waals surface area contributed by atoms with Crippen molar-refractivity contribution in [1.29, 1.82) is 0 Å². The van der Waals surface area contributed by atoms with Crippen molar-refractivity contribution in [2.24, 2.45) is 5.92 Å². The zero-order valence-corrected chi connectivity index (χ0v) is 10.1. The summed E-state index contributed by atoms with van der Waals surface area (Å²) in [5, 5.41) is 0. The van der Waals surface area contributed by atoms with Gasteiger partial charge in [0.25, 0.3) is 0 Å². The highest BCUT2D eigenvalue weighted by Crippen LogP contribution is 2.21. The van der Waals surface area contributed by atoms with Gasteiger partial charge in [0.2, 0.25) is 0 Å². The van der Waals surface area contributed by atoms with Crippen molar-refractivity contribution in [1.82, 2.24) is 0 Å². The van der Waals surface area contributed by atoms with Crippen molar-refractivity contribution in [3.63, 3.8) is 0 Å². The lowest BCUT2D eigenvalue weighted by atomic mass is 10.1. The first kappa shape index (κ1) is 12.5. The smallest absolute Gasteiger partial charge is 0.306 e. The lowest BCUT2D eigenvalue weighted by Gasteiger charge is -2.11. The third kappa shape index (κ3) is 5.81. The highest BCUT2D eigenvalue weighted by Gasteiger charge is 2.18. The van der Waals surface area contributed by atoms with Gasteiger partial charge in [0, 0.05) is 6.42 Å². The van der Waals surface area contributed by atoms with Crippen molar-refractivity contribution in [2.75, 3.05) is 0 Å². The fourth-order valence-corrected chi connectivity index (χ4v) is 2.07. The fourth-order valence-electron chi connectivity index (χ4n) is 2.07. The topological polar surface area (TPSA) is 26.3 Å². The van der Waals surface area contributed by atoms with Crippen LogP contribution in [0.1, 0.15) is 65.2 Å². The Labute approximate surface area is 93.4 Å². The monoisotopic (exact) mass is 212 g/mol.